The van der Waals surface area contributed by atoms with Crippen LogP contribution in [0.15, 0.2) is 30.5 Å². The van der Waals surface area contributed by atoms with Gasteiger partial charge >= 0.3 is 6.36 Å². The van der Waals surface area contributed by atoms with Crippen molar-refractivity contribution in [1.29, 1.82) is 0 Å². The molecule has 0 aromatic heterocycles. The van der Waals surface area contributed by atoms with E-state index in [1.54, 1.807) is 0 Å². The fraction of sp³-hybridized carbons (Fsp3) is 0.182. The van der Waals surface area contributed by atoms with E-state index in [4.69, 9.17) is 4.74 Å². The first-order valence-electron chi connectivity index (χ1n) is 4.63. The van der Waals surface area contributed by atoms with E-state index in [9.17, 15) is 23.1 Å². The molecule has 1 aromatic rings. The number of hydrogen-bond acceptors (Lipinski definition) is 4. The summed E-state index contributed by atoms with van der Waals surface area (Å²) in [7, 11) is 0. The quantitative estimate of drug-likeness (QED) is 0.776. The standard InChI is InChI=1S/C11H9F3O4/c1-6(2)17-9-5-7(10(15)16)3-4-8(9)18-11(12,13)14/h3-5H,1H2,2H3,(H,15,16)/p-1. The van der Waals surface area contributed by atoms with Gasteiger partial charge in [0.1, 0.15) is 0 Å². The van der Waals surface area contributed by atoms with Crippen molar-refractivity contribution in [3.8, 4) is 11.5 Å². The molecule has 0 radical (unpaired) electrons. The third-order valence-electron chi connectivity index (χ3n) is 1.69. The lowest BCUT2D eigenvalue weighted by molar-refractivity contribution is -0.275. The zero-order valence-corrected chi connectivity index (χ0v) is 9.21. The summed E-state index contributed by atoms with van der Waals surface area (Å²) < 4.78 is 44.8. The number of carbonyl (C=O) groups excluding carboxylic acids is 1. The van der Waals surface area contributed by atoms with Gasteiger partial charge < -0.3 is 19.4 Å². The molecule has 0 fully saturated rings. The first-order chi connectivity index (χ1) is 8.19. The van der Waals surface area contributed by atoms with Crippen molar-refractivity contribution < 1.29 is 32.5 Å². The highest BCUT2D eigenvalue weighted by Crippen LogP contribution is 2.33. The Kier molecular flexibility index (Phi) is 3.85. The second-order valence-corrected chi connectivity index (χ2v) is 3.30. The number of rotatable bonds is 4. The van der Waals surface area contributed by atoms with Crippen LogP contribution in [-0.2, 0) is 0 Å². The Balaban J connectivity index is 3.16. The van der Waals surface area contributed by atoms with Gasteiger partial charge in [-0.2, -0.15) is 0 Å². The van der Waals surface area contributed by atoms with Gasteiger partial charge in [0.15, 0.2) is 11.5 Å². The van der Waals surface area contributed by atoms with Gasteiger partial charge in [0, 0.05) is 5.56 Å². The smallest absolute Gasteiger partial charge is 0.545 e. The van der Waals surface area contributed by atoms with Gasteiger partial charge in [-0.05, 0) is 25.1 Å². The van der Waals surface area contributed by atoms with Crippen molar-refractivity contribution in [3.05, 3.63) is 36.1 Å². The van der Waals surface area contributed by atoms with Gasteiger partial charge in [-0.15, -0.1) is 13.2 Å². The lowest BCUT2D eigenvalue weighted by Gasteiger charge is -2.15. The average Bonchev–Trinajstić information content (AvgIpc) is 2.17. The number of alkyl halides is 3. The molecule has 0 saturated carbocycles. The van der Waals surface area contributed by atoms with E-state index >= 15 is 0 Å². The Morgan fingerprint density at radius 1 is 1.33 bits per heavy atom. The van der Waals surface area contributed by atoms with Gasteiger partial charge in [-0.3, -0.25) is 0 Å². The summed E-state index contributed by atoms with van der Waals surface area (Å²) in [5.74, 6) is -2.52. The minimum absolute atomic E-state index is 0.0810. The molecule has 0 aliphatic carbocycles. The summed E-state index contributed by atoms with van der Waals surface area (Å²) in [5.41, 5.74) is -0.333. The van der Waals surface area contributed by atoms with E-state index in [1.165, 1.54) is 6.92 Å². The molecular formula is C11H8F3O4-. The monoisotopic (exact) mass is 261 g/mol. The van der Waals surface area contributed by atoms with Crippen LogP contribution in [0.1, 0.15) is 17.3 Å². The number of hydrogen-bond donors (Lipinski definition) is 0. The molecule has 98 valence electrons. The second kappa shape index (κ2) is 4.99. The van der Waals surface area contributed by atoms with Crippen molar-refractivity contribution in [2.24, 2.45) is 0 Å². The third kappa shape index (κ3) is 4.00. The summed E-state index contributed by atoms with van der Waals surface area (Å²) in [6.45, 7) is 4.73. The Morgan fingerprint density at radius 3 is 2.39 bits per heavy atom. The molecule has 0 saturated heterocycles. The number of ether oxygens (including phenoxy) is 2. The molecule has 0 aliphatic rings. The lowest BCUT2D eigenvalue weighted by Crippen LogP contribution is -2.22. The topological polar surface area (TPSA) is 58.6 Å². The Bertz CT molecular complexity index is 480. The number of carboxylic acids is 1. The van der Waals surface area contributed by atoms with Gasteiger partial charge in [0.05, 0.1) is 11.7 Å². The van der Waals surface area contributed by atoms with Crippen LogP contribution < -0.4 is 14.6 Å². The van der Waals surface area contributed by atoms with Gasteiger partial charge in [0.25, 0.3) is 0 Å². The molecule has 1 rings (SSSR count). The molecule has 4 nitrogen and oxygen atoms in total. The van der Waals surface area contributed by atoms with Crippen LogP contribution in [0.5, 0.6) is 11.5 Å². The van der Waals surface area contributed by atoms with Crippen LogP contribution in [0.25, 0.3) is 0 Å². The zero-order valence-electron chi connectivity index (χ0n) is 9.21. The summed E-state index contributed by atoms with van der Waals surface area (Å²) >= 11 is 0. The van der Waals surface area contributed by atoms with Crippen LogP contribution in [-0.4, -0.2) is 12.3 Å². The summed E-state index contributed by atoms with van der Waals surface area (Å²) in [5, 5.41) is 10.6. The number of carboxylic acid groups (broad SMARTS) is 1. The zero-order chi connectivity index (χ0) is 13.9. The minimum atomic E-state index is -4.91. The van der Waals surface area contributed by atoms with E-state index in [1.807, 2.05) is 0 Å². The summed E-state index contributed by atoms with van der Waals surface area (Å²) in [6, 6.07) is 2.61. The predicted octanol–water partition coefficient (Wildman–Crippen LogP) is 1.86. The molecule has 1 aromatic carbocycles. The molecule has 7 heteroatoms. The van der Waals surface area contributed by atoms with Crippen LogP contribution in [0.4, 0.5) is 13.2 Å². The SMILES string of the molecule is C=C(C)Oc1cc(C(=O)[O-])ccc1OC(F)(F)F. The first-order valence-corrected chi connectivity index (χ1v) is 4.63. The fourth-order valence-electron chi connectivity index (χ4n) is 1.11. The Labute approximate surface area is 100 Å². The number of halogens is 3. The molecule has 0 unspecified atom stereocenters. The Morgan fingerprint density at radius 2 is 1.94 bits per heavy atom. The Hall–Kier alpha value is -2.18. The van der Waals surface area contributed by atoms with Crippen molar-refractivity contribution in [2.45, 2.75) is 13.3 Å². The van der Waals surface area contributed by atoms with Crippen molar-refractivity contribution >= 4 is 5.97 Å². The highest BCUT2D eigenvalue weighted by atomic mass is 19.4. The average molecular weight is 261 g/mol. The normalized spacial score (nSPS) is 10.9. The van der Waals surface area contributed by atoms with E-state index in [0.717, 1.165) is 18.2 Å². The molecular weight excluding hydrogens is 253 g/mol. The predicted molar refractivity (Wildman–Crippen MR) is 52.9 cm³/mol. The fourth-order valence-corrected chi connectivity index (χ4v) is 1.11. The maximum Gasteiger partial charge on any atom is 0.573 e. The summed E-state index contributed by atoms with van der Waals surface area (Å²) in [6.07, 6.45) is -4.91. The van der Waals surface area contributed by atoms with Crippen LogP contribution in [0.2, 0.25) is 0 Å². The highest BCUT2D eigenvalue weighted by Gasteiger charge is 2.32. The van der Waals surface area contributed by atoms with E-state index in [0.29, 0.717) is 0 Å². The molecule has 0 atom stereocenters. The maximum absolute atomic E-state index is 12.1. The molecule has 0 spiro atoms. The van der Waals surface area contributed by atoms with Gasteiger partial charge in [-0.1, -0.05) is 6.58 Å². The maximum atomic E-state index is 12.1. The largest absolute Gasteiger partial charge is 0.573 e. The van der Waals surface area contributed by atoms with E-state index < -0.39 is 23.8 Å². The second-order valence-electron chi connectivity index (χ2n) is 3.30. The number of allylic oxidation sites excluding steroid dienone is 1. The van der Waals surface area contributed by atoms with Crippen LogP contribution in [0, 0.1) is 0 Å². The molecule has 0 aliphatic heterocycles. The van der Waals surface area contributed by atoms with Gasteiger partial charge in [-0.25, -0.2) is 0 Å². The van der Waals surface area contributed by atoms with E-state index in [-0.39, 0.29) is 11.3 Å². The molecule has 0 heterocycles. The van der Waals surface area contributed by atoms with Gasteiger partial charge in [0.2, 0.25) is 0 Å². The van der Waals surface area contributed by atoms with Crippen LogP contribution in [0.3, 0.4) is 0 Å². The van der Waals surface area contributed by atoms with Crippen molar-refractivity contribution in [3.63, 3.8) is 0 Å². The number of aromatic carboxylic acids is 1. The highest BCUT2D eigenvalue weighted by molar-refractivity contribution is 5.86. The van der Waals surface area contributed by atoms with Crippen molar-refractivity contribution in [1.82, 2.24) is 0 Å². The number of carbonyl (C=O) groups is 1. The number of benzene rings is 1. The molecule has 18 heavy (non-hydrogen) atoms. The minimum Gasteiger partial charge on any atom is -0.545 e. The lowest BCUT2D eigenvalue weighted by atomic mass is 10.2. The van der Waals surface area contributed by atoms with Crippen molar-refractivity contribution in [2.75, 3.05) is 0 Å². The van der Waals surface area contributed by atoms with Crippen LogP contribution >= 0.6 is 0 Å². The molecule has 0 amide bonds. The summed E-state index contributed by atoms with van der Waals surface area (Å²) in [4.78, 5) is 10.6. The third-order valence-corrected chi connectivity index (χ3v) is 1.69. The molecule has 0 bridgehead atoms. The molecule has 0 N–H and O–H groups in total. The first kappa shape index (κ1) is 13.9. The van der Waals surface area contributed by atoms with E-state index in [2.05, 4.69) is 11.3 Å².